The van der Waals surface area contributed by atoms with Crippen molar-refractivity contribution < 1.29 is 9.47 Å². The summed E-state index contributed by atoms with van der Waals surface area (Å²) in [6, 6.07) is 5.58. The lowest BCUT2D eigenvalue weighted by Crippen LogP contribution is -2.17. The highest BCUT2D eigenvalue weighted by Gasteiger charge is 2.17. The van der Waals surface area contributed by atoms with Crippen molar-refractivity contribution in [3.63, 3.8) is 0 Å². The van der Waals surface area contributed by atoms with E-state index in [1.165, 1.54) is 0 Å². The molecular weight excluding hydrogens is 226 g/mol. The first-order chi connectivity index (χ1) is 7.81. The maximum Gasteiger partial charge on any atom is 0.125 e. The van der Waals surface area contributed by atoms with Crippen LogP contribution in [0.5, 0.6) is 5.75 Å². The molecular formula is C12H16ClNO2. The van der Waals surface area contributed by atoms with Crippen LogP contribution in [-0.4, -0.2) is 19.3 Å². The molecule has 1 aliphatic rings. The van der Waals surface area contributed by atoms with Gasteiger partial charge in [-0.2, -0.15) is 0 Å². The molecule has 88 valence electrons. The summed E-state index contributed by atoms with van der Waals surface area (Å²) in [5, 5.41) is 0.660. The zero-order chi connectivity index (χ0) is 11.4. The van der Waals surface area contributed by atoms with Crippen LogP contribution >= 0.6 is 11.6 Å². The topological polar surface area (TPSA) is 44.5 Å². The first kappa shape index (κ1) is 11.7. The second kappa shape index (κ2) is 5.53. The Balaban J connectivity index is 2.00. The quantitative estimate of drug-likeness (QED) is 0.880. The number of hydrogen-bond acceptors (Lipinski definition) is 3. The van der Waals surface area contributed by atoms with E-state index >= 15 is 0 Å². The smallest absolute Gasteiger partial charge is 0.125 e. The van der Waals surface area contributed by atoms with E-state index in [-0.39, 0.29) is 6.10 Å². The van der Waals surface area contributed by atoms with Crippen LogP contribution in [0.25, 0.3) is 0 Å². The van der Waals surface area contributed by atoms with Crippen molar-refractivity contribution in [3.8, 4) is 5.75 Å². The van der Waals surface area contributed by atoms with E-state index in [2.05, 4.69) is 0 Å². The lowest BCUT2D eigenvalue weighted by molar-refractivity contribution is 0.0676. The third-order valence-electron chi connectivity index (χ3n) is 2.73. The molecule has 1 fully saturated rings. The van der Waals surface area contributed by atoms with Crippen molar-refractivity contribution in [1.29, 1.82) is 0 Å². The Bertz CT molecular complexity index is 351. The van der Waals surface area contributed by atoms with Crippen molar-refractivity contribution in [2.24, 2.45) is 5.73 Å². The van der Waals surface area contributed by atoms with Crippen molar-refractivity contribution >= 4 is 11.6 Å². The molecule has 1 saturated heterocycles. The molecule has 0 amide bonds. The molecule has 16 heavy (non-hydrogen) atoms. The first-order valence-corrected chi connectivity index (χ1v) is 5.91. The maximum atomic E-state index is 6.03. The standard InChI is InChI=1S/C12H16ClNO2/c13-11-4-1-5-12(10(11)7-14)16-8-9-3-2-6-15-9/h1,4-5,9H,2-3,6-8,14H2. The summed E-state index contributed by atoms with van der Waals surface area (Å²) in [4.78, 5) is 0. The van der Waals surface area contributed by atoms with E-state index in [0.717, 1.165) is 30.8 Å². The van der Waals surface area contributed by atoms with Gasteiger partial charge < -0.3 is 15.2 Å². The van der Waals surface area contributed by atoms with Gasteiger partial charge in [0.15, 0.2) is 0 Å². The van der Waals surface area contributed by atoms with Gasteiger partial charge in [0, 0.05) is 23.7 Å². The molecule has 0 spiro atoms. The molecule has 1 aromatic carbocycles. The van der Waals surface area contributed by atoms with Crippen LogP contribution in [0.3, 0.4) is 0 Å². The van der Waals surface area contributed by atoms with Gasteiger partial charge >= 0.3 is 0 Å². The summed E-state index contributed by atoms with van der Waals surface area (Å²) < 4.78 is 11.2. The molecule has 1 atom stereocenters. The largest absolute Gasteiger partial charge is 0.490 e. The lowest BCUT2D eigenvalue weighted by atomic mass is 10.2. The summed E-state index contributed by atoms with van der Waals surface area (Å²) in [6.45, 7) is 1.81. The zero-order valence-electron chi connectivity index (χ0n) is 9.12. The van der Waals surface area contributed by atoms with Gasteiger partial charge in [0.1, 0.15) is 12.4 Å². The number of rotatable bonds is 4. The van der Waals surface area contributed by atoms with Gasteiger partial charge in [-0.3, -0.25) is 0 Å². The number of ether oxygens (including phenoxy) is 2. The Hall–Kier alpha value is -0.770. The third kappa shape index (κ3) is 2.67. The molecule has 0 aromatic heterocycles. The minimum Gasteiger partial charge on any atom is -0.490 e. The van der Waals surface area contributed by atoms with E-state index in [9.17, 15) is 0 Å². The maximum absolute atomic E-state index is 6.03. The normalized spacial score (nSPS) is 20.0. The molecule has 0 saturated carbocycles. The summed E-state index contributed by atoms with van der Waals surface area (Å²) in [6.07, 6.45) is 2.40. The molecule has 3 nitrogen and oxygen atoms in total. The molecule has 1 aromatic rings. The van der Waals surface area contributed by atoms with Gasteiger partial charge in [-0.15, -0.1) is 0 Å². The zero-order valence-corrected chi connectivity index (χ0v) is 9.87. The molecule has 1 unspecified atom stereocenters. The van der Waals surface area contributed by atoms with Crippen LogP contribution in [0.1, 0.15) is 18.4 Å². The van der Waals surface area contributed by atoms with Gasteiger partial charge in [-0.25, -0.2) is 0 Å². The summed E-state index contributed by atoms with van der Waals surface area (Å²) >= 11 is 6.03. The van der Waals surface area contributed by atoms with Crippen LogP contribution in [0, 0.1) is 0 Å². The second-order valence-corrected chi connectivity index (χ2v) is 4.27. The molecule has 0 bridgehead atoms. The van der Waals surface area contributed by atoms with E-state index < -0.39 is 0 Å². The first-order valence-electron chi connectivity index (χ1n) is 5.53. The highest BCUT2D eigenvalue weighted by atomic mass is 35.5. The van der Waals surface area contributed by atoms with E-state index in [0.29, 0.717) is 18.2 Å². The Morgan fingerprint density at radius 1 is 1.50 bits per heavy atom. The number of benzene rings is 1. The Morgan fingerprint density at radius 3 is 3.06 bits per heavy atom. The van der Waals surface area contributed by atoms with Crippen LogP contribution in [0.2, 0.25) is 5.02 Å². The number of nitrogens with two attached hydrogens (primary N) is 1. The Kier molecular flexibility index (Phi) is 4.04. The molecule has 1 aliphatic heterocycles. The fourth-order valence-corrected chi connectivity index (χ4v) is 2.07. The Morgan fingerprint density at radius 2 is 2.38 bits per heavy atom. The third-order valence-corrected chi connectivity index (χ3v) is 3.08. The van der Waals surface area contributed by atoms with Crippen molar-refractivity contribution in [2.75, 3.05) is 13.2 Å². The highest BCUT2D eigenvalue weighted by Crippen LogP contribution is 2.26. The predicted molar refractivity (Wildman–Crippen MR) is 63.8 cm³/mol. The van der Waals surface area contributed by atoms with Crippen molar-refractivity contribution in [2.45, 2.75) is 25.5 Å². The van der Waals surface area contributed by atoms with E-state index in [1.54, 1.807) is 0 Å². The summed E-state index contributed by atoms with van der Waals surface area (Å²) in [7, 11) is 0. The average molecular weight is 242 g/mol. The van der Waals surface area contributed by atoms with Gasteiger partial charge in [-0.1, -0.05) is 17.7 Å². The van der Waals surface area contributed by atoms with Crippen molar-refractivity contribution in [3.05, 3.63) is 28.8 Å². The van der Waals surface area contributed by atoms with Crippen molar-refractivity contribution in [1.82, 2.24) is 0 Å². The van der Waals surface area contributed by atoms with Gasteiger partial charge in [-0.05, 0) is 25.0 Å². The van der Waals surface area contributed by atoms with E-state index in [4.69, 9.17) is 26.8 Å². The molecule has 2 N–H and O–H groups in total. The second-order valence-electron chi connectivity index (χ2n) is 3.87. The molecule has 4 heteroatoms. The van der Waals surface area contributed by atoms with Crippen LogP contribution < -0.4 is 10.5 Å². The van der Waals surface area contributed by atoms with Crippen LogP contribution in [0.4, 0.5) is 0 Å². The molecule has 2 rings (SSSR count). The number of hydrogen-bond donors (Lipinski definition) is 1. The lowest BCUT2D eigenvalue weighted by Gasteiger charge is -2.14. The fraction of sp³-hybridized carbons (Fsp3) is 0.500. The molecule has 0 radical (unpaired) electrons. The monoisotopic (exact) mass is 241 g/mol. The average Bonchev–Trinajstić information content (AvgIpc) is 2.79. The minimum atomic E-state index is 0.213. The van der Waals surface area contributed by atoms with Gasteiger partial charge in [0.25, 0.3) is 0 Å². The van der Waals surface area contributed by atoms with Crippen LogP contribution in [0.15, 0.2) is 18.2 Å². The van der Waals surface area contributed by atoms with Crippen LogP contribution in [-0.2, 0) is 11.3 Å². The van der Waals surface area contributed by atoms with E-state index in [1.807, 2.05) is 18.2 Å². The predicted octanol–water partition coefficient (Wildman–Crippen LogP) is 2.36. The SMILES string of the molecule is NCc1c(Cl)cccc1OCC1CCCO1. The Labute approximate surface area is 100 Å². The highest BCUT2D eigenvalue weighted by molar-refractivity contribution is 6.31. The van der Waals surface area contributed by atoms with Gasteiger partial charge in [0.2, 0.25) is 0 Å². The molecule has 1 heterocycles. The minimum absolute atomic E-state index is 0.213. The van der Waals surface area contributed by atoms with Gasteiger partial charge in [0.05, 0.1) is 6.10 Å². The fourth-order valence-electron chi connectivity index (χ4n) is 1.83. The molecule has 0 aliphatic carbocycles. The summed E-state index contributed by atoms with van der Waals surface area (Å²) in [5.41, 5.74) is 6.50. The summed E-state index contributed by atoms with van der Waals surface area (Å²) in [5.74, 6) is 0.769. The number of halogens is 1.